The van der Waals surface area contributed by atoms with Crippen LogP contribution in [0.4, 0.5) is 11.4 Å². The fourth-order valence-electron chi connectivity index (χ4n) is 2.44. The lowest BCUT2D eigenvalue weighted by Crippen LogP contribution is -2.24. The average Bonchev–Trinajstić information content (AvgIpc) is 2.75. The van der Waals surface area contributed by atoms with Crippen LogP contribution in [0.2, 0.25) is 0 Å². The summed E-state index contributed by atoms with van der Waals surface area (Å²) in [7, 11) is 0. The summed E-state index contributed by atoms with van der Waals surface area (Å²) in [5.41, 5.74) is 1.71. The quantitative estimate of drug-likeness (QED) is 0.558. The van der Waals surface area contributed by atoms with Gasteiger partial charge >= 0.3 is 11.9 Å². The van der Waals surface area contributed by atoms with E-state index in [1.165, 1.54) is 24.3 Å². The van der Waals surface area contributed by atoms with Gasteiger partial charge in [-0.3, -0.25) is 9.59 Å². The van der Waals surface area contributed by atoms with Gasteiger partial charge in [0.15, 0.2) is 0 Å². The lowest BCUT2D eigenvalue weighted by Gasteiger charge is -2.08. The van der Waals surface area contributed by atoms with E-state index in [1.54, 1.807) is 38.1 Å². The van der Waals surface area contributed by atoms with E-state index in [-0.39, 0.29) is 26.4 Å². The first-order chi connectivity index (χ1) is 14.9. The normalized spacial score (nSPS) is 10.1. The molecule has 0 aliphatic rings. The molecule has 0 aromatic heterocycles. The summed E-state index contributed by atoms with van der Waals surface area (Å²) in [6, 6.07) is 12.4. The minimum atomic E-state index is -0.449. The standard InChI is InChI=1S/C22H24N2O7/c1-3-30-21(27)15-5-9-17(10-6-15)23-19(25)13-29-14-20(26)24-18-11-7-16(8-12-18)22(28)31-4-2/h5-12H,3-4,13-14H2,1-2H3,(H,23,25)(H,24,26). The van der Waals surface area contributed by atoms with Crippen molar-refractivity contribution < 1.29 is 33.4 Å². The molecule has 31 heavy (non-hydrogen) atoms. The molecular weight excluding hydrogens is 404 g/mol. The number of rotatable bonds is 10. The van der Waals surface area contributed by atoms with Crippen molar-refractivity contribution in [3.8, 4) is 0 Å². The second-order valence-corrected chi connectivity index (χ2v) is 6.18. The zero-order valence-electron chi connectivity index (χ0n) is 17.3. The molecule has 2 amide bonds. The highest BCUT2D eigenvalue weighted by atomic mass is 16.5. The smallest absolute Gasteiger partial charge is 0.338 e. The van der Waals surface area contributed by atoms with Gasteiger partial charge in [0.1, 0.15) is 13.2 Å². The van der Waals surface area contributed by atoms with Crippen molar-refractivity contribution in [2.75, 3.05) is 37.1 Å². The lowest BCUT2D eigenvalue weighted by atomic mass is 10.2. The Morgan fingerprint density at radius 2 is 1.00 bits per heavy atom. The molecule has 0 radical (unpaired) electrons. The number of hydrogen-bond acceptors (Lipinski definition) is 7. The van der Waals surface area contributed by atoms with Crippen LogP contribution in [0, 0.1) is 0 Å². The minimum absolute atomic E-state index is 0.279. The molecule has 0 fully saturated rings. The van der Waals surface area contributed by atoms with Crippen LogP contribution in [-0.2, 0) is 23.8 Å². The van der Waals surface area contributed by atoms with Crippen molar-refractivity contribution in [3.05, 3.63) is 59.7 Å². The van der Waals surface area contributed by atoms with E-state index in [2.05, 4.69) is 10.6 Å². The third kappa shape index (κ3) is 7.90. The van der Waals surface area contributed by atoms with Gasteiger partial charge in [-0.05, 0) is 62.4 Å². The number of ether oxygens (including phenoxy) is 3. The molecule has 2 N–H and O–H groups in total. The van der Waals surface area contributed by atoms with Gasteiger partial charge in [0.05, 0.1) is 24.3 Å². The summed E-state index contributed by atoms with van der Waals surface area (Å²) < 4.78 is 14.9. The molecule has 0 bridgehead atoms. The number of benzene rings is 2. The van der Waals surface area contributed by atoms with Crippen molar-refractivity contribution in [2.45, 2.75) is 13.8 Å². The number of anilines is 2. The van der Waals surface area contributed by atoms with Crippen molar-refractivity contribution in [1.29, 1.82) is 0 Å². The third-order valence-corrected chi connectivity index (χ3v) is 3.83. The molecule has 9 nitrogen and oxygen atoms in total. The number of esters is 2. The number of carbonyl (C=O) groups is 4. The Kier molecular flexibility index (Phi) is 9.18. The van der Waals surface area contributed by atoms with E-state index < -0.39 is 23.8 Å². The van der Waals surface area contributed by atoms with Gasteiger partial charge in [-0.25, -0.2) is 9.59 Å². The zero-order valence-corrected chi connectivity index (χ0v) is 17.3. The molecule has 0 saturated heterocycles. The SMILES string of the molecule is CCOC(=O)c1ccc(NC(=O)COCC(=O)Nc2ccc(C(=O)OCC)cc2)cc1. The molecule has 2 aromatic rings. The second kappa shape index (κ2) is 12.1. The molecule has 164 valence electrons. The molecule has 0 aliphatic carbocycles. The highest BCUT2D eigenvalue weighted by Gasteiger charge is 2.10. The molecule has 2 rings (SSSR count). The summed E-state index contributed by atoms with van der Waals surface area (Å²) >= 11 is 0. The molecular formula is C22H24N2O7. The average molecular weight is 428 g/mol. The van der Waals surface area contributed by atoms with Gasteiger partial charge in [0, 0.05) is 11.4 Å². The van der Waals surface area contributed by atoms with E-state index in [1.807, 2.05) is 0 Å². The van der Waals surface area contributed by atoms with Crippen LogP contribution >= 0.6 is 0 Å². The van der Waals surface area contributed by atoms with Gasteiger partial charge in [-0.2, -0.15) is 0 Å². The summed E-state index contributed by atoms with van der Waals surface area (Å²) in [4.78, 5) is 47.0. The highest BCUT2D eigenvalue weighted by molar-refractivity contribution is 5.95. The predicted octanol–water partition coefficient (Wildman–Crippen LogP) is 2.63. The summed E-state index contributed by atoms with van der Waals surface area (Å²) in [6.07, 6.45) is 0. The van der Waals surface area contributed by atoms with Gasteiger partial charge < -0.3 is 24.8 Å². The van der Waals surface area contributed by atoms with E-state index in [0.29, 0.717) is 22.5 Å². The third-order valence-electron chi connectivity index (χ3n) is 3.83. The Labute approximate surface area is 179 Å². The number of nitrogens with one attached hydrogen (secondary N) is 2. The summed E-state index contributed by atoms with van der Waals surface area (Å²) in [6.45, 7) is 3.34. The monoisotopic (exact) mass is 428 g/mol. The van der Waals surface area contributed by atoms with E-state index >= 15 is 0 Å². The van der Waals surface area contributed by atoms with Crippen LogP contribution in [0.3, 0.4) is 0 Å². The first kappa shape index (κ1) is 23.6. The van der Waals surface area contributed by atoms with Crippen LogP contribution in [0.5, 0.6) is 0 Å². The van der Waals surface area contributed by atoms with Crippen molar-refractivity contribution in [1.82, 2.24) is 0 Å². The molecule has 0 aliphatic heterocycles. The fraction of sp³-hybridized carbons (Fsp3) is 0.273. The molecule has 0 spiro atoms. The van der Waals surface area contributed by atoms with E-state index in [9.17, 15) is 19.2 Å². The lowest BCUT2D eigenvalue weighted by molar-refractivity contribution is -0.125. The minimum Gasteiger partial charge on any atom is -0.462 e. The Hall–Kier alpha value is -3.72. The Morgan fingerprint density at radius 3 is 1.32 bits per heavy atom. The molecule has 0 unspecified atom stereocenters. The highest BCUT2D eigenvalue weighted by Crippen LogP contribution is 2.12. The number of carbonyl (C=O) groups excluding carboxylic acids is 4. The van der Waals surface area contributed by atoms with E-state index in [0.717, 1.165) is 0 Å². The first-order valence-electron chi connectivity index (χ1n) is 9.64. The summed E-state index contributed by atoms with van der Waals surface area (Å²) in [5.74, 6) is -1.78. The Morgan fingerprint density at radius 1 is 0.645 bits per heavy atom. The maximum Gasteiger partial charge on any atom is 0.338 e. The van der Waals surface area contributed by atoms with E-state index in [4.69, 9.17) is 14.2 Å². The summed E-state index contributed by atoms with van der Waals surface area (Å²) in [5, 5.41) is 5.20. The topological polar surface area (TPSA) is 120 Å². The van der Waals surface area contributed by atoms with Gasteiger partial charge in [0.2, 0.25) is 11.8 Å². The van der Waals surface area contributed by atoms with Gasteiger partial charge in [-0.15, -0.1) is 0 Å². The zero-order chi connectivity index (χ0) is 22.6. The van der Waals surface area contributed by atoms with Crippen LogP contribution < -0.4 is 10.6 Å². The molecule has 2 aromatic carbocycles. The first-order valence-corrected chi connectivity index (χ1v) is 9.64. The van der Waals surface area contributed by atoms with Crippen LogP contribution in [0.25, 0.3) is 0 Å². The van der Waals surface area contributed by atoms with Gasteiger partial charge in [0.25, 0.3) is 0 Å². The Bertz CT molecular complexity index is 833. The molecule has 9 heteroatoms. The van der Waals surface area contributed by atoms with Crippen molar-refractivity contribution >= 4 is 35.1 Å². The van der Waals surface area contributed by atoms with Gasteiger partial charge in [-0.1, -0.05) is 0 Å². The Balaban J connectivity index is 1.72. The molecule has 0 atom stereocenters. The maximum atomic E-state index is 11.9. The number of hydrogen-bond donors (Lipinski definition) is 2. The number of amides is 2. The largest absolute Gasteiger partial charge is 0.462 e. The maximum absolute atomic E-state index is 11.9. The van der Waals surface area contributed by atoms with Crippen molar-refractivity contribution in [2.24, 2.45) is 0 Å². The van der Waals surface area contributed by atoms with Crippen LogP contribution in [0.1, 0.15) is 34.6 Å². The van der Waals surface area contributed by atoms with Crippen LogP contribution in [0.15, 0.2) is 48.5 Å². The molecule has 0 heterocycles. The fourth-order valence-corrected chi connectivity index (χ4v) is 2.44. The molecule has 0 saturated carbocycles. The van der Waals surface area contributed by atoms with Crippen molar-refractivity contribution in [3.63, 3.8) is 0 Å². The van der Waals surface area contributed by atoms with Crippen LogP contribution in [-0.4, -0.2) is 50.2 Å². The second-order valence-electron chi connectivity index (χ2n) is 6.18. The predicted molar refractivity (Wildman–Crippen MR) is 113 cm³/mol.